The van der Waals surface area contributed by atoms with Crippen LogP contribution in [0, 0.1) is 0 Å². The molecule has 0 radical (unpaired) electrons. The van der Waals surface area contributed by atoms with Crippen molar-refractivity contribution < 1.29 is 22.6 Å². The molecular formula is C14H20Br2N6O5S. The molecule has 1 atom stereocenters. The first-order chi connectivity index (χ1) is 12.9. The molecule has 1 aromatic heterocycles. The summed E-state index contributed by atoms with van der Waals surface area (Å²) >= 11 is 6.68. The minimum atomic E-state index is -4.19. The Balaban J connectivity index is 1.94. The van der Waals surface area contributed by atoms with Crippen molar-refractivity contribution in [3.05, 3.63) is 20.8 Å². The van der Waals surface area contributed by atoms with Crippen molar-refractivity contribution in [2.75, 3.05) is 18.8 Å². The van der Waals surface area contributed by atoms with Gasteiger partial charge in [-0.05, 0) is 50.8 Å². The molecule has 156 valence electrons. The van der Waals surface area contributed by atoms with Gasteiger partial charge in [-0.2, -0.15) is 8.42 Å². The van der Waals surface area contributed by atoms with Gasteiger partial charge >= 0.3 is 0 Å². The number of nitrogens with two attached hydrogens (primary N) is 1. The zero-order valence-corrected chi connectivity index (χ0v) is 18.8. The van der Waals surface area contributed by atoms with Gasteiger partial charge in [0.05, 0.1) is 14.8 Å². The van der Waals surface area contributed by atoms with Crippen LogP contribution in [0.15, 0.2) is 20.1 Å². The number of rotatable bonds is 9. The van der Waals surface area contributed by atoms with E-state index in [1.54, 1.807) is 17.7 Å². The summed E-state index contributed by atoms with van der Waals surface area (Å²) in [5.74, 6) is -1.49. The standard InChI is InChI=1S/C14H20Br2N6O5S/c1-22-9(7-8(15)10(22)16)11(23)18-4-2-3-14(12(24)20-13(17)21-14)19-5-6-28(25,26)27/h7,19H,2-6H2,1H3,(H,18,23)(H,25,26,27)(H3,17,20,21,24). The van der Waals surface area contributed by atoms with E-state index in [2.05, 4.69) is 52.8 Å². The smallest absolute Gasteiger partial charge is 0.269 e. The van der Waals surface area contributed by atoms with Crippen LogP contribution in [0.1, 0.15) is 23.3 Å². The van der Waals surface area contributed by atoms with E-state index in [1.807, 2.05) is 0 Å². The van der Waals surface area contributed by atoms with Crippen LogP contribution in [-0.2, 0) is 22.0 Å². The number of nitrogens with zero attached hydrogens (tertiary/aromatic N) is 2. The minimum Gasteiger partial charge on any atom is -0.370 e. The van der Waals surface area contributed by atoms with Gasteiger partial charge in [-0.1, -0.05) is 0 Å². The SMILES string of the molecule is Cn1c(C(=O)NCCCC2(NCCS(=O)(=O)O)N=C(N)NC2=O)cc(Br)c1Br. The van der Waals surface area contributed by atoms with Crippen LogP contribution in [0.3, 0.4) is 0 Å². The number of halogens is 2. The highest BCUT2D eigenvalue weighted by atomic mass is 79.9. The number of amides is 2. The minimum absolute atomic E-state index is 0.0908. The van der Waals surface area contributed by atoms with E-state index in [0.717, 1.165) is 9.08 Å². The first-order valence-electron chi connectivity index (χ1n) is 8.11. The van der Waals surface area contributed by atoms with Crippen molar-refractivity contribution in [1.29, 1.82) is 0 Å². The molecule has 0 spiro atoms. The average molecular weight is 544 g/mol. The Morgan fingerprint density at radius 3 is 2.61 bits per heavy atom. The predicted molar refractivity (Wildman–Crippen MR) is 109 cm³/mol. The number of hydrogen-bond acceptors (Lipinski definition) is 7. The monoisotopic (exact) mass is 542 g/mol. The van der Waals surface area contributed by atoms with Gasteiger partial charge in [0.2, 0.25) is 0 Å². The molecule has 2 amide bonds. The van der Waals surface area contributed by atoms with Gasteiger partial charge in [0.25, 0.3) is 21.9 Å². The summed E-state index contributed by atoms with van der Waals surface area (Å²) in [6.45, 7) is 0.0600. The number of carbonyl (C=O) groups is 2. The van der Waals surface area contributed by atoms with Gasteiger partial charge in [0.1, 0.15) is 5.69 Å². The highest BCUT2D eigenvalue weighted by molar-refractivity contribution is 9.13. The zero-order chi connectivity index (χ0) is 21.1. The maximum absolute atomic E-state index is 12.3. The Labute approximate surface area is 178 Å². The highest BCUT2D eigenvalue weighted by Gasteiger charge is 2.42. The van der Waals surface area contributed by atoms with Gasteiger partial charge in [0, 0.05) is 20.1 Å². The second-order valence-electron chi connectivity index (χ2n) is 6.11. The number of nitrogens with one attached hydrogen (secondary N) is 3. The van der Waals surface area contributed by atoms with E-state index in [4.69, 9.17) is 10.3 Å². The van der Waals surface area contributed by atoms with Gasteiger partial charge < -0.3 is 15.6 Å². The molecule has 6 N–H and O–H groups in total. The third kappa shape index (κ3) is 5.53. The Hall–Kier alpha value is -1.48. The average Bonchev–Trinajstić information content (AvgIpc) is 3.00. The van der Waals surface area contributed by atoms with Crippen LogP contribution in [-0.4, -0.2) is 59.8 Å². The Kier molecular flexibility index (Phi) is 7.25. The van der Waals surface area contributed by atoms with Crippen molar-refractivity contribution in [2.24, 2.45) is 17.8 Å². The molecular weight excluding hydrogens is 524 g/mol. The second-order valence-corrected chi connectivity index (χ2v) is 9.29. The lowest BCUT2D eigenvalue weighted by Gasteiger charge is -2.24. The van der Waals surface area contributed by atoms with E-state index in [-0.39, 0.29) is 31.4 Å². The summed E-state index contributed by atoms with van der Waals surface area (Å²) in [6.07, 6.45) is 0.521. The molecule has 0 fully saturated rings. The van der Waals surface area contributed by atoms with Gasteiger partial charge in [-0.25, -0.2) is 4.99 Å². The van der Waals surface area contributed by atoms with Gasteiger partial charge in [-0.3, -0.25) is 24.8 Å². The van der Waals surface area contributed by atoms with Gasteiger partial charge in [-0.15, -0.1) is 0 Å². The normalized spacial score (nSPS) is 19.4. The van der Waals surface area contributed by atoms with Crippen LogP contribution in [0.4, 0.5) is 0 Å². The molecule has 0 aromatic carbocycles. The summed E-state index contributed by atoms with van der Waals surface area (Å²) < 4.78 is 33.7. The molecule has 11 nitrogen and oxygen atoms in total. The predicted octanol–water partition coefficient (Wildman–Crippen LogP) is -0.322. The third-order valence-electron chi connectivity index (χ3n) is 4.06. The van der Waals surface area contributed by atoms with Crippen molar-refractivity contribution in [3.63, 3.8) is 0 Å². The van der Waals surface area contributed by atoms with Crippen molar-refractivity contribution in [2.45, 2.75) is 18.5 Å². The van der Waals surface area contributed by atoms with Crippen LogP contribution >= 0.6 is 31.9 Å². The lowest BCUT2D eigenvalue weighted by atomic mass is 10.0. The number of aromatic nitrogens is 1. The van der Waals surface area contributed by atoms with Crippen LogP contribution < -0.4 is 21.7 Å². The van der Waals surface area contributed by atoms with Crippen LogP contribution in [0.25, 0.3) is 0 Å². The highest BCUT2D eigenvalue weighted by Crippen LogP contribution is 2.26. The fraction of sp³-hybridized carbons (Fsp3) is 0.500. The number of hydrogen-bond donors (Lipinski definition) is 5. The Morgan fingerprint density at radius 1 is 1.43 bits per heavy atom. The molecule has 0 bridgehead atoms. The molecule has 1 aliphatic heterocycles. The number of carbonyl (C=O) groups excluding carboxylic acids is 2. The van der Waals surface area contributed by atoms with Crippen molar-refractivity contribution in [1.82, 2.24) is 20.5 Å². The van der Waals surface area contributed by atoms with E-state index in [1.165, 1.54) is 0 Å². The lowest BCUT2D eigenvalue weighted by Crippen LogP contribution is -2.53. The summed E-state index contributed by atoms with van der Waals surface area (Å²) in [5.41, 5.74) is 4.55. The second kappa shape index (κ2) is 8.90. The van der Waals surface area contributed by atoms with E-state index < -0.39 is 27.4 Å². The van der Waals surface area contributed by atoms with Gasteiger partial charge in [0.15, 0.2) is 11.6 Å². The summed E-state index contributed by atoms with van der Waals surface area (Å²) in [6, 6.07) is 1.67. The number of aliphatic imine (C=N–C) groups is 1. The van der Waals surface area contributed by atoms with Crippen LogP contribution in [0.2, 0.25) is 0 Å². The molecule has 0 aliphatic carbocycles. The Bertz CT molecular complexity index is 916. The molecule has 1 unspecified atom stereocenters. The molecule has 0 saturated carbocycles. The first-order valence-corrected chi connectivity index (χ1v) is 11.3. The fourth-order valence-corrected chi connectivity index (χ4v) is 3.81. The molecule has 28 heavy (non-hydrogen) atoms. The number of guanidine groups is 1. The maximum atomic E-state index is 12.3. The topological polar surface area (TPSA) is 168 Å². The summed E-state index contributed by atoms with van der Waals surface area (Å²) in [5, 5.41) is 7.84. The van der Waals surface area contributed by atoms with Crippen molar-refractivity contribution in [3.8, 4) is 0 Å². The first kappa shape index (κ1) is 22.8. The quantitative estimate of drug-likeness (QED) is 0.210. The lowest BCUT2D eigenvalue weighted by molar-refractivity contribution is -0.125. The maximum Gasteiger partial charge on any atom is 0.269 e. The fourth-order valence-electron chi connectivity index (χ4n) is 2.67. The summed E-state index contributed by atoms with van der Waals surface area (Å²) in [7, 11) is -2.45. The van der Waals surface area contributed by atoms with Crippen molar-refractivity contribution >= 4 is 59.8 Å². The molecule has 2 heterocycles. The molecule has 1 aromatic rings. The van der Waals surface area contributed by atoms with E-state index in [0.29, 0.717) is 12.1 Å². The molecule has 0 saturated heterocycles. The molecule has 1 aliphatic rings. The van der Waals surface area contributed by atoms with E-state index in [9.17, 15) is 18.0 Å². The van der Waals surface area contributed by atoms with E-state index >= 15 is 0 Å². The van der Waals surface area contributed by atoms with Crippen LogP contribution in [0.5, 0.6) is 0 Å². The third-order valence-corrected chi connectivity index (χ3v) is 6.87. The molecule has 2 rings (SSSR count). The largest absolute Gasteiger partial charge is 0.370 e. The zero-order valence-electron chi connectivity index (χ0n) is 14.8. The Morgan fingerprint density at radius 2 is 2.11 bits per heavy atom. The molecule has 14 heteroatoms. The summed E-state index contributed by atoms with van der Waals surface area (Å²) in [4.78, 5) is 28.6.